The number of aromatic nitrogens is 3. The van der Waals surface area contributed by atoms with Gasteiger partial charge in [0.25, 0.3) is 0 Å². The van der Waals surface area contributed by atoms with E-state index in [1.54, 1.807) is 12.1 Å². The van der Waals surface area contributed by atoms with Crippen LogP contribution < -0.4 is 0 Å². The lowest BCUT2D eigenvalue weighted by Gasteiger charge is -2.01. The summed E-state index contributed by atoms with van der Waals surface area (Å²) in [4.78, 5) is 16.4. The fourth-order valence-electron chi connectivity index (χ4n) is 2.34. The minimum atomic E-state index is -0.905. The fourth-order valence-corrected chi connectivity index (χ4v) is 3.12. The molecule has 1 fully saturated rings. The van der Waals surface area contributed by atoms with E-state index >= 15 is 0 Å². The average Bonchev–Trinajstić information content (AvgIpc) is 3.10. The Labute approximate surface area is 108 Å². The maximum Gasteiger partial charge on any atom is 0.345 e. The first-order valence-electron chi connectivity index (χ1n) is 6.00. The quantitative estimate of drug-likeness (QED) is 0.892. The predicted octanol–water partition coefficient (Wildman–Crippen LogP) is 2.89. The van der Waals surface area contributed by atoms with Gasteiger partial charge in [-0.3, -0.25) is 5.10 Å². The average molecular weight is 263 g/mol. The number of H-pyrrole nitrogens is 1. The lowest BCUT2D eigenvalue weighted by atomic mass is 10.1. The highest BCUT2D eigenvalue weighted by molar-refractivity contribution is 7.17. The third kappa shape index (κ3) is 2.03. The molecule has 0 spiro atoms. The Morgan fingerprint density at radius 3 is 2.83 bits per heavy atom. The van der Waals surface area contributed by atoms with Crippen molar-refractivity contribution in [3.05, 3.63) is 22.8 Å². The van der Waals surface area contributed by atoms with Crippen molar-refractivity contribution >= 4 is 17.3 Å². The Morgan fingerprint density at radius 2 is 2.17 bits per heavy atom. The largest absolute Gasteiger partial charge is 0.477 e. The molecule has 6 heteroatoms. The monoisotopic (exact) mass is 263 g/mol. The molecule has 2 heterocycles. The molecule has 0 atom stereocenters. The zero-order valence-corrected chi connectivity index (χ0v) is 10.5. The summed E-state index contributed by atoms with van der Waals surface area (Å²) in [6.45, 7) is 0. The zero-order valence-electron chi connectivity index (χ0n) is 9.72. The molecule has 2 N–H and O–H groups in total. The Balaban J connectivity index is 1.85. The number of nitrogens with one attached hydrogen (secondary N) is 1. The van der Waals surface area contributed by atoms with Crippen molar-refractivity contribution in [2.24, 2.45) is 0 Å². The summed E-state index contributed by atoms with van der Waals surface area (Å²) in [5, 5.41) is 16.1. The fraction of sp³-hybridized carbons (Fsp3) is 0.417. The Bertz CT molecular complexity index is 569. The summed E-state index contributed by atoms with van der Waals surface area (Å²) >= 11 is 1.21. The van der Waals surface area contributed by atoms with Crippen molar-refractivity contribution in [3.63, 3.8) is 0 Å². The highest BCUT2D eigenvalue weighted by Gasteiger charge is 2.21. The number of aromatic amines is 1. The zero-order chi connectivity index (χ0) is 12.5. The topological polar surface area (TPSA) is 78.9 Å². The van der Waals surface area contributed by atoms with Gasteiger partial charge in [0.1, 0.15) is 10.7 Å². The number of hydrogen-bond donors (Lipinski definition) is 2. The van der Waals surface area contributed by atoms with Gasteiger partial charge < -0.3 is 5.11 Å². The van der Waals surface area contributed by atoms with Gasteiger partial charge in [-0.05, 0) is 25.0 Å². The molecule has 0 bridgehead atoms. The molecule has 3 rings (SSSR count). The summed E-state index contributed by atoms with van der Waals surface area (Å²) in [5.41, 5.74) is 0. The van der Waals surface area contributed by atoms with E-state index in [1.165, 1.54) is 37.0 Å². The first-order valence-corrected chi connectivity index (χ1v) is 6.81. The number of rotatable bonds is 3. The molecule has 1 aliphatic rings. The minimum Gasteiger partial charge on any atom is -0.477 e. The van der Waals surface area contributed by atoms with Gasteiger partial charge in [0.05, 0.1) is 4.88 Å². The molecule has 18 heavy (non-hydrogen) atoms. The van der Waals surface area contributed by atoms with Crippen LogP contribution in [0.15, 0.2) is 12.1 Å². The number of nitrogens with zero attached hydrogens (tertiary/aromatic N) is 2. The van der Waals surface area contributed by atoms with Crippen LogP contribution in [0.3, 0.4) is 0 Å². The third-order valence-electron chi connectivity index (χ3n) is 3.28. The highest BCUT2D eigenvalue weighted by atomic mass is 32.1. The molecule has 2 aromatic rings. The Kier molecular flexibility index (Phi) is 2.87. The van der Waals surface area contributed by atoms with E-state index in [2.05, 4.69) is 15.2 Å². The second-order valence-corrected chi connectivity index (χ2v) is 5.58. The van der Waals surface area contributed by atoms with E-state index in [0.29, 0.717) is 16.6 Å². The Hall–Kier alpha value is -1.69. The normalized spacial score (nSPS) is 16.2. The van der Waals surface area contributed by atoms with Crippen LogP contribution in [0.1, 0.15) is 47.1 Å². The van der Waals surface area contributed by atoms with Gasteiger partial charge >= 0.3 is 5.97 Å². The highest BCUT2D eigenvalue weighted by Crippen LogP contribution is 2.33. The summed E-state index contributed by atoms with van der Waals surface area (Å²) in [5.74, 6) is 1.13. The number of thiophene rings is 1. The molecular formula is C12H13N3O2S. The second kappa shape index (κ2) is 4.53. The molecule has 5 nitrogen and oxygen atoms in total. The van der Waals surface area contributed by atoms with Gasteiger partial charge in [0.15, 0.2) is 5.82 Å². The summed E-state index contributed by atoms with van der Waals surface area (Å²) in [6, 6.07) is 3.35. The van der Waals surface area contributed by atoms with Gasteiger partial charge in [-0.25, -0.2) is 9.78 Å². The maximum absolute atomic E-state index is 10.8. The van der Waals surface area contributed by atoms with Crippen LogP contribution in [0.25, 0.3) is 10.7 Å². The van der Waals surface area contributed by atoms with E-state index in [-0.39, 0.29) is 0 Å². The van der Waals surface area contributed by atoms with Crippen LogP contribution in [-0.4, -0.2) is 26.3 Å². The van der Waals surface area contributed by atoms with Crippen molar-refractivity contribution < 1.29 is 9.90 Å². The molecule has 0 radical (unpaired) electrons. The van der Waals surface area contributed by atoms with E-state index in [4.69, 9.17) is 5.11 Å². The van der Waals surface area contributed by atoms with Crippen LogP contribution in [0, 0.1) is 0 Å². The van der Waals surface area contributed by atoms with Crippen LogP contribution in [-0.2, 0) is 0 Å². The van der Waals surface area contributed by atoms with Crippen molar-refractivity contribution in [2.45, 2.75) is 31.6 Å². The van der Waals surface area contributed by atoms with Gasteiger partial charge in [-0.15, -0.1) is 11.3 Å². The minimum absolute atomic E-state index is 0.317. The first kappa shape index (κ1) is 11.4. The molecule has 1 aliphatic carbocycles. The standard InChI is InChI=1S/C12H13N3O2S/c16-12(17)9-6-5-8(18-9)11-13-10(14-15-11)7-3-1-2-4-7/h5-7H,1-4H2,(H,16,17)(H,13,14,15). The van der Waals surface area contributed by atoms with Crippen molar-refractivity contribution in [1.29, 1.82) is 0 Å². The Morgan fingerprint density at radius 1 is 1.39 bits per heavy atom. The number of carboxylic acid groups (broad SMARTS) is 1. The molecular weight excluding hydrogens is 250 g/mol. The lowest BCUT2D eigenvalue weighted by Crippen LogP contribution is -1.94. The van der Waals surface area contributed by atoms with Gasteiger partial charge in [-0.2, -0.15) is 5.10 Å². The van der Waals surface area contributed by atoms with E-state index in [0.717, 1.165) is 10.7 Å². The van der Waals surface area contributed by atoms with Crippen molar-refractivity contribution in [1.82, 2.24) is 15.2 Å². The van der Waals surface area contributed by atoms with Gasteiger partial charge in [0, 0.05) is 5.92 Å². The summed E-state index contributed by atoms with van der Waals surface area (Å²) in [7, 11) is 0. The van der Waals surface area contributed by atoms with E-state index in [9.17, 15) is 4.79 Å². The van der Waals surface area contributed by atoms with E-state index in [1.807, 2.05) is 0 Å². The molecule has 0 unspecified atom stereocenters. The summed E-state index contributed by atoms with van der Waals surface area (Å²) < 4.78 is 0. The molecule has 0 amide bonds. The molecule has 2 aromatic heterocycles. The number of aromatic carboxylic acids is 1. The molecule has 94 valence electrons. The summed E-state index contributed by atoms with van der Waals surface area (Å²) in [6.07, 6.45) is 4.84. The second-order valence-electron chi connectivity index (χ2n) is 4.49. The van der Waals surface area contributed by atoms with Crippen molar-refractivity contribution in [2.75, 3.05) is 0 Å². The van der Waals surface area contributed by atoms with Gasteiger partial charge in [-0.1, -0.05) is 12.8 Å². The third-order valence-corrected chi connectivity index (χ3v) is 4.35. The smallest absolute Gasteiger partial charge is 0.345 e. The van der Waals surface area contributed by atoms with Crippen molar-refractivity contribution in [3.8, 4) is 10.7 Å². The van der Waals surface area contributed by atoms with Gasteiger partial charge in [0.2, 0.25) is 0 Å². The molecule has 0 saturated heterocycles. The number of carboxylic acids is 1. The van der Waals surface area contributed by atoms with E-state index < -0.39 is 5.97 Å². The molecule has 0 aliphatic heterocycles. The lowest BCUT2D eigenvalue weighted by molar-refractivity contribution is 0.0702. The predicted molar refractivity (Wildman–Crippen MR) is 67.9 cm³/mol. The van der Waals surface area contributed by atoms with Crippen LogP contribution >= 0.6 is 11.3 Å². The SMILES string of the molecule is O=C(O)c1ccc(-c2n[nH]c(C3CCCC3)n2)s1. The first-order chi connectivity index (χ1) is 8.74. The van der Waals surface area contributed by atoms with Crippen LogP contribution in [0.5, 0.6) is 0 Å². The van der Waals surface area contributed by atoms with Crippen LogP contribution in [0.4, 0.5) is 0 Å². The molecule has 0 aromatic carbocycles. The maximum atomic E-state index is 10.8. The van der Waals surface area contributed by atoms with Crippen LogP contribution in [0.2, 0.25) is 0 Å². The number of hydrogen-bond acceptors (Lipinski definition) is 4. The number of carbonyl (C=O) groups is 1. The molecule has 1 saturated carbocycles.